The first-order valence-electron chi connectivity index (χ1n) is 10.0. The second-order valence-corrected chi connectivity index (χ2v) is 10.9. The van der Waals surface area contributed by atoms with Crippen LogP contribution in [0.3, 0.4) is 0 Å². The van der Waals surface area contributed by atoms with Gasteiger partial charge in [-0.25, -0.2) is 0 Å². The maximum absolute atomic E-state index is 13.3. The monoisotopic (exact) mass is 427 g/mol. The third kappa shape index (κ3) is 3.68. The lowest BCUT2D eigenvalue weighted by Gasteiger charge is -2.60. The number of carbonyl (C=O) groups is 2. The van der Waals surface area contributed by atoms with Crippen molar-refractivity contribution in [3.63, 3.8) is 0 Å². The zero-order valence-corrected chi connectivity index (χ0v) is 17.3. The molecule has 5 rings (SSSR count). The Labute approximate surface area is 164 Å². The van der Waals surface area contributed by atoms with Crippen LogP contribution in [0.2, 0.25) is 0 Å². The van der Waals surface area contributed by atoms with Gasteiger partial charge in [0.25, 0.3) is 0 Å². The van der Waals surface area contributed by atoms with E-state index in [0.29, 0.717) is 19.6 Å². The van der Waals surface area contributed by atoms with Gasteiger partial charge < -0.3 is 14.4 Å². The van der Waals surface area contributed by atoms with Gasteiger partial charge in [-0.15, -0.1) is 0 Å². The average Bonchev–Trinajstić information content (AvgIpc) is 2.57. The molecule has 1 heterocycles. The molecule has 0 spiro atoms. The first-order valence-corrected chi connectivity index (χ1v) is 10.8. The lowest BCUT2D eigenvalue weighted by Crippen LogP contribution is -2.55. The number of hydrogen-bond acceptors (Lipinski definition) is 4. The number of carbonyl (C=O) groups excluding carboxylic acids is 2. The second kappa shape index (κ2) is 7.08. The number of alkyl halides is 1. The summed E-state index contributed by atoms with van der Waals surface area (Å²) in [7, 11) is 1.39. The molecule has 4 bridgehead atoms. The van der Waals surface area contributed by atoms with Crippen molar-refractivity contribution in [2.75, 3.05) is 26.9 Å². The predicted molar refractivity (Wildman–Crippen MR) is 101 cm³/mol. The molecule has 1 saturated heterocycles. The van der Waals surface area contributed by atoms with Gasteiger partial charge in [-0.3, -0.25) is 9.59 Å². The SMILES string of the molecule is COC(=O)CN(C(=O)CC12CC3CC(CC(Br)(C3)C1)C2)C1CCOCC1. The van der Waals surface area contributed by atoms with Crippen molar-refractivity contribution in [1.29, 1.82) is 0 Å². The molecular formula is C20H30BrNO4. The van der Waals surface area contributed by atoms with Crippen LogP contribution >= 0.6 is 15.9 Å². The number of esters is 1. The number of rotatable bonds is 5. The molecule has 0 aromatic rings. The highest BCUT2D eigenvalue weighted by Gasteiger charge is 2.57. The summed E-state index contributed by atoms with van der Waals surface area (Å²) >= 11 is 4.03. The fourth-order valence-electron chi connectivity index (χ4n) is 6.59. The van der Waals surface area contributed by atoms with Crippen LogP contribution in [0.4, 0.5) is 0 Å². The van der Waals surface area contributed by atoms with Crippen LogP contribution in [0, 0.1) is 17.3 Å². The molecule has 0 aromatic carbocycles. The van der Waals surface area contributed by atoms with Gasteiger partial charge in [-0.05, 0) is 68.6 Å². The Morgan fingerprint density at radius 3 is 2.38 bits per heavy atom. The first-order chi connectivity index (χ1) is 12.4. The Bertz CT molecular complexity index is 560. The quantitative estimate of drug-likeness (QED) is 0.498. The molecular weight excluding hydrogens is 398 g/mol. The fraction of sp³-hybridized carbons (Fsp3) is 0.900. The molecule has 5 fully saturated rings. The van der Waals surface area contributed by atoms with Crippen LogP contribution in [0.15, 0.2) is 0 Å². The third-order valence-corrected chi connectivity index (χ3v) is 8.04. The van der Waals surface area contributed by atoms with Gasteiger partial charge >= 0.3 is 5.97 Å². The summed E-state index contributed by atoms with van der Waals surface area (Å²) < 4.78 is 10.6. The highest BCUT2D eigenvalue weighted by atomic mass is 79.9. The molecule has 1 aliphatic heterocycles. The molecule has 2 atom stereocenters. The summed E-state index contributed by atoms with van der Waals surface area (Å²) in [6.07, 6.45) is 9.56. The molecule has 5 nitrogen and oxygen atoms in total. The molecule has 26 heavy (non-hydrogen) atoms. The molecule has 5 aliphatic rings. The Balaban J connectivity index is 1.49. The smallest absolute Gasteiger partial charge is 0.325 e. The van der Waals surface area contributed by atoms with Gasteiger partial charge in [0, 0.05) is 30.0 Å². The minimum absolute atomic E-state index is 0.0718. The second-order valence-electron chi connectivity index (χ2n) is 9.23. The number of methoxy groups -OCH3 is 1. The van der Waals surface area contributed by atoms with Gasteiger partial charge in [0.2, 0.25) is 5.91 Å². The first kappa shape index (κ1) is 18.7. The number of ether oxygens (including phenoxy) is 2. The van der Waals surface area contributed by atoms with Crippen molar-refractivity contribution in [2.45, 2.75) is 68.2 Å². The molecule has 6 heteroatoms. The van der Waals surface area contributed by atoms with E-state index in [1.54, 1.807) is 4.90 Å². The summed E-state index contributed by atoms with van der Waals surface area (Å²) in [5.41, 5.74) is 0.129. The molecule has 0 N–H and O–H groups in total. The molecule has 4 saturated carbocycles. The van der Waals surface area contributed by atoms with Crippen LogP contribution in [-0.4, -0.2) is 54.0 Å². The van der Waals surface area contributed by atoms with E-state index in [9.17, 15) is 9.59 Å². The summed E-state index contributed by atoms with van der Waals surface area (Å²) in [5, 5.41) is 0. The van der Waals surface area contributed by atoms with Crippen molar-refractivity contribution >= 4 is 27.8 Å². The summed E-state index contributed by atoms with van der Waals surface area (Å²) in [6, 6.07) is 0.0993. The summed E-state index contributed by atoms with van der Waals surface area (Å²) in [6.45, 7) is 1.40. The van der Waals surface area contributed by atoms with Crippen molar-refractivity contribution < 1.29 is 19.1 Å². The van der Waals surface area contributed by atoms with E-state index in [0.717, 1.165) is 31.1 Å². The van der Waals surface area contributed by atoms with E-state index >= 15 is 0 Å². The van der Waals surface area contributed by atoms with Crippen LogP contribution in [0.5, 0.6) is 0 Å². The molecule has 2 unspecified atom stereocenters. The highest BCUT2D eigenvalue weighted by Crippen LogP contribution is 2.65. The topological polar surface area (TPSA) is 55.8 Å². The number of hydrogen-bond donors (Lipinski definition) is 0. The zero-order valence-electron chi connectivity index (χ0n) is 15.7. The Morgan fingerprint density at radius 2 is 1.81 bits per heavy atom. The molecule has 1 amide bonds. The van der Waals surface area contributed by atoms with Crippen LogP contribution in [-0.2, 0) is 19.1 Å². The lowest BCUT2D eigenvalue weighted by atomic mass is 9.48. The van der Waals surface area contributed by atoms with Crippen LogP contribution in [0.1, 0.15) is 57.8 Å². The number of halogens is 1. The maximum atomic E-state index is 13.3. The Morgan fingerprint density at radius 1 is 1.15 bits per heavy atom. The van der Waals surface area contributed by atoms with Gasteiger partial charge in [0.1, 0.15) is 6.54 Å². The van der Waals surface area contributed by atoms with Crippen molar-refractivity contribution in [1.82, 2.24) is 4.90 Å². The summed E-state index contributed by atoms with van der Waals surface area (Å²) in [4.78, 5) is 27.1. The van der Waals surface area contributed by atoms with E-state index < -0.39 is 0 Å². The van der Waals surface area contributed by atoms with E-state index in [4.69, 9.17) is 9.47 Å². The van der Waals surface area contributed by atoms with Gasteiger partial charge in [0.05, 0.1) is 7.11 Å². The Hall–Kier alpha value is -0.620. The largest absolute Gasteiger partial charge is 0.468 e. The third-order valence-electron chi connectivity index (χ3n) is 7.12. The predicted octanol–water partition coefficient (Wildman–Crippen LogP) is 3.29. The van der Waals surface area contributed by atoms with Gasteiger partial charge in [-0.2, -0.15) is 0 Å². The van der Waals surface area contributed by atoms with E-state index in [1.165, 1.54) is 39.2 Å². The van der Waals surface area contributed by atoms with E-state index in [1.807, 2.05) is 0 Å². The Kier molecular flexibility index (Phi) is 5.10. The fourth-order valence-corrected chi connectivity index (χ4v) is 8.10. The lowest BCUT2D eigenvalue weighted by molar-refractivity contribution is -0.153. The van der Waals surface area contributed by atoms with Crippen molar-refractivity contribution in [2.24, 2.45) is 17.3 Å². The minimum atomic E-state index is -0.327. The molecule has 146 valence electrons. The number of amides is 1. The standard InChI is InChI=1S/C20H30BrNO4/c1-25-18(24)12-22(16-2-4-26-5-3-16)17(23)11-19-7-14-6-15(8-19)10-20(21,9-14)13-19/h14-16H,2-13H2,1H3. The normalized spacial score (nSPS) is 39.0. The summed E-state index contributed by atoms with van der Waals surface area (Å²) in [5.74, 6) is 1.34. The molecule has 0 aromatic heterocycles. The molecule has 0 radical (unpaired) electrons. The maximum Gasteiger partial charge on any atom is 0.325 e. The van der Waals surface area contributed by atoms with E-state index in [-0.39, 0.29) is 34.2 Å². The van der Waals surface area contributed by atoms with Crippen LogP contribution in [0.25, 0.3) is 0 Å². The molecule has 4 aliphatic carbocycles. The van der Waals surface area contributed by atoms with Crippen LogP contribution < -0.4 is 0 Å². The van der Waals surface area contributed by atoms with Gasteiger partial charge in [0.15, 0.2) is 0 Å². The van der Waals surface area contributed by atoms with Crippen molar-refractivity contribution in [3.8, 4) is 0 Å². The average molecular weight is 428 g/mol. The van der Waals surface area contributed by atoms with Crippen molar-refractivity contribution in [3.05, 3.63) is 0 Å². The minimum Gasteiger partial charge on any atom is -0.468 e. The van der Waals surface area contributed by atoms with Gasteiger partial charge in [-0.1, -0.05) is 15.9 Å². The zero-order chi connectivity index (χ0) is 18.4. The number of nitrogens with zero attached hydrogens (tertiary/aromatic N) is 1. The van der Waals surface area contributed by atoms with E-state index in [2.05, 4.69) is 15.9 Å². The highest BCUT2D eigenvalue weighted by molar-refractivity contribution is 9.10.